The van der Waals surface area contributed by atoms with E-state index in [1.807, 2.05) is 55.5 Å². The standard InChI is InChI=1S/C24H21FN2O2/c1-16-9-11-17(12-10-16)22(14-23(28)26-20-7-4-6-19(25)13-20)27-15-18-5-2-3-8-21(18)24(27)29/h2-13,22H,14-15H2,1H3,(H,26,28)/t22-/m0/s1. The molecular formula is C24H21FN2O2. The molecule has 1 atom stereocenters. The largest absolute Gasteiger partial charge is 0.327 e. The molecule has 4 rings (SSSR count). The molecule has 29 heavy (non-hydrogen) atoms. The van der Waals surface area contributed by atoms with E-state index in [1.165, 1.54) is 12.1 Å². The highest BCUT2D eigenvalue weighted by Gasteiger charge is 2.34. The van der Waals surface area contributed by atoms with Crippen molar-refractivity contribution in [2.24, 2.45) is 0 Å². The van der Waals surface area contributed by atoms with Crippen molar-refractivity contribution >= 4 is 17.5 Å². The quantitative estimate of drug-likeness (QED) is 0.679. The smallest absolute Gasteiger partial charge is 0.255 e. The van der Waals surface area contributed by atoms with Crippen LogP contribution in [0.5, 0.6) is 0 Å². The molecule has 0 unspecified atom stereocenters. The fraction of sp³-hybridized carbons (Fsp3) is 0.167. The summed E-state index contributed by atoms with van der Waals surface area (Å²) in [5.41, 5.74) is 4.03. The number of hydrogen-bond acceptors (Lipinski definition) is 2. The van der Waals surface area contributed by atoms with Crippen LogP contribution in [0.25, 0.3) is 0 Å². The predicted molar refractivity (Wildman–Crippen MR) is 110 cm³/mol. The van der Waals surface area contributed by atoms with Crippen molar-refractivity contribution in [1.82, 2.24) is 4.90 Å². The third kappa shape index (κ3) is 4.04. The van der Waals surface area contributed by atoms with E-state index in [0.717, 1.165) is 16.7 Å². The van der Waals surface area contributed by atoms with Crippen molar-refractivity contribution in [3.8, 4) is 0 Å². The number of nitrogens with one attached hydrogen (secondary N) is 1. The zero-order chi connectivity index (χ0) is 20.4. The molecule has 1 heterocycles. The molecule has 0 aromatic heterocycles. The van der Waals surface area contributed by atoms with Crippen LogP contribution in [0.2, 0.25) is 0 Å². The summed E-state index contributed by atoms with van der Waals surface area (Å²) >= 11 is 0. The number of halogens is 1. The minimum absolute atomic E-state index is 0.0790. The number of aryl methyl sites for hydroxylation is 1. The molecule has 0 bridgehead atoms. The Kier molecular flexibility index (Phi) is 5.12. The number of rotatable bonds is 5. The maximum absolute atomic E-state index is 13.4. The van der Waals surface area contributed by atoms with E-state index in [2.05, 4.69) is 5.32 Å². The molecular weight excluding hydrogens is 367 g/mol. The first-order chi connectivity index (χ1) is 14.0. The van der Waals surface area contributed by atoms with Crippen molar-refractivity contribution in [3.05, 3.63) is 101 Å². The second-order valence-corrected chi connectivity index (χ2v) is 7.28. The summed E-state index contributed by atoms with van der Waals surface area (Å²) in [6.07, 6.45) is 0.0826. The summed E-state index contributed by atoms with van der Waals surface area (Å²) < 4.78 is 13.4. The summed E-state index contributed by atoms with van der Waals surface area (Å²) in [7, 11) is 0. The second kappa shape index (κ2) is 7.87. The van der Waals surface area contributed by atoms with Crippen LogP contribution in [-0.4, -0.2) is 16.7 Å². The number of anilines is 1. The summed E-state index contributed by atoms with van der Waals surface area (Å²) in [6.45, 7) is 2.45. The summed E-state index contributed by atoms with van der Waals surface area (Å²) in [5, 5.41) is 2.74. The van der Waals surface area contributed by atoms with Crippen LogP contribution in [0, 0.1) is 12.7 Å². The lowest BCUT2D eigenvalue weighted by atomic mass is 10.00. The Bertz CT molecular complexity index is 1060. The van der Waals surface area contributed by atoms with E-state index in [1.54, 1.807) is 17.0 Å². The normalized spacial score (nSPS) is 13.9. The van der Waals surface area contributed by atoms with Gasteiger partial charge in [0.2, 0.25) is 5.91 Å². The first-order valence-corrected chi connectivity index (χ1v) is 9.52. The van der Waals surface area contributed by atoms with Gasteiger partial charge in [-0.15, -0.1) is 0 Å². The maximum Gasteiger partial charge on any atom is 0.255 e. The van der Waals surface area contributed by atoms with E-state index in [4.69, 9.17) is 0 Å². The zero-order valence-corrected chi connectivity index (χ0v) is 16.1. The highest BCUT2D eigenvalue weighted by atomic mass is 19.1. The van der Waals surface area contributed by atoms with Crippen molar-refractivity contribution in [1.29, 1.82) is 0 Å². The molecule has 1 aliphatic rings. The van der Waals surface area contributed by atoms with Gasteiger partial charge in [-0.3, -0.25) is 9.59 Å². The van der Waals surface area contributed by atoms with Gasteiger partial charge in [0.05, 0.1) is 12.5 Å². The first-order valence-electron chi connectivity index (χ1n) is 9.52. The van der Waals surface area contributed by atoms with Gasteiger partial charge < -0.3 is 10.2 Å². The van der Waals surface area contributed by atoms with Gasteiger partial charge in [-0.25, -0.2) is 4.39 Å². The minimum atomic E-state index is -0.414. The van der Waals surface area contributed by atoms with Crippen LogP contribution in [0.3, 0.4) is 0 Å². The monoisotopic (exact) mass is 388 g/mol. The molecule has 0 spiro atoms. The Morgan fingerprint density at radius 1 is 1.07 bits per heavy atom. The van der Waals surface area contributed by atoms with Gasteiger partial charge in [0.1, 0.15) is 5.82 Å². The number of nitrogens with zero attached hydrogens (tertiary/aromatic N) is 1. The van der Waals surface area contributed by atoms with E-state index >= 15 is 0 Å². The van der Waals surface area contributed by atoms with E-state index in [-0.39, 0.29) is 18.2 Å². The molecule has 0 saturated heterocycles. The van der Waals surface area contributed by atoms with Crippen LogP contribution in [0.15, 0.2) is 72.8 Å². The molecule has 146 valence electrons. The molecule has 0 aliphatic carbocycles. The Hall–Kier alpha value is -3.47. The van der Waals surface area contributed by atoms with Gasteiger partial charge in [0.15, 0.2) is 0 Å². The third-order valence-corrected chi connectivity index (χ3v) is 5.17. The van der Waals surface area contributed by atoms with Crippen LogP contribution in [-0.2, 0) is 11.3 Å². The topological polar surface area (TPSA) is 49.4 Å². The molecule has 5 heteroatoms. The molecule has 0 fully saturated rings. The van der Waals surface area contributed by atoms with Gasteiger partial charge in [-0.1, -0.05) is 54.1 Å². The second-order valence-electron chi connectivity index (χ2n) is 7.28. The third-order valence-electron chi connectivity index (χ3n) is 5.17. The Morgan fingerprint density at radius 3 is 2.55 bits per heavy atom. The summed E-state index contributed by atoms with van der Waals surface area (Å²) in [5.74, 6) is -0.766. The van der Waals surface area contributed by atoms with Crippen LogP contribution < -0.4 is 5.32 Å². The minimum Gasteiger partial charge on any atom is -0.327 e. The van der Waals surface area contributed by atoms with Gasteiger partial charge in [0.25, 0.3) is 5.91 Å². The number of carbonyl (C=O) groups is 2. The van der Waals surface area contributed by atoms with E-state index in [0.29, 0.717) is 17.8 Å². The van der Waals surface area contributed by atoms with Crippen LogP contribution >= 0.6 is 0 Å². The summed E-state index contributed by atoms with van der Waals surface area (Å²) in [6, 6.07) is 20.7. The molecule has 2 amide bonds. The van der Waals surface area contributed by atoms with E-state index in [9.17, 15) is 14.0 Å². The molecule has 0 radical (unpaired) electrons. The first kappa shape index (κ1) is 18.9. The number of carbonyl (C=O) groups excluding carboxylic acids is 2. The fourth-order valence-corrected chi connectivity index (χ4v) is 3.68. The van der Waals surface area contributed by atoms with Crippen molar-refractivity contribution < 1.29 is 14.0 Å². The molecule has 3 aromatic carbocycles. The molecule has 4 nitrogen and oxygen atoms in total. The highest BCUT2D eigenvalue weighted by molar-refractivity contribution is 5.99. The highest BCUT2D eigenvalue weighted by Crippen LogP contribution is 2.33. The Labute approximate surface area is 169 Å². The van der Waals surface area contributed by atoms with Gasteiger partial charge in [-0.2, -0.15) is 0 Å². The van der Waals surface area contributed by atoms with E-state index < -0.39 is 11.9 Å². The lowest BCUT2D eigenvalue weighted by Crippen LogP contribution is -2.32. The van der Waals surface area contributed by atoms with Gasteiger partial charge >= 0.3 is 0 Å². The SMILES string of the molecule is Cc1ccc([C@H](CC(=O)Nc2cccc(F)c2)N2Cc3ccccc3C2=O)cc1. The molecule has 3 aromatic rings. The van der Waals surface area contributed by atoms with Crippen LogP contribution in [0.1, 0.15) is 39.5 Å². The van der Waals surface area contributed by atoms with Crippen LogP contribution in [0.4, 0.5) is 10.1 Å². The van der Waals surface area contributed by atoms with Crippen molar-refractivity contribution in [3.63, 3.8) is 0 Å². The molecule has 1 aliphatic heterocycles. The maximum atomic E-state index is 13.4. The lowest BCUT2D eigenvalue weighted by molar-refractivity contribution is -0.117. The van der Waals surface area contributed by atoms with Crippen molar-refractivity contribution in [2.75, 3.05) is 5.32 Å². The average molecular weight is 388 g/mol. The van der Waals surface area contributed by atoms with Gasteiger partial charge in [0, 0.05) is 17.8 Å². The molecule has 1 N–H and O–H groups in total. The predicted octanol–water partition coefficient (Wildman–Crippen LogP) is 4.86. The number of amides is 2. The average Bonchev–Trinajstić information content (AvgIpc) is 3.04. The summed E-state index contributed by atoms with van der Waals surface area (Å²) in [4.78, 5) is 27.5. The number of fused-ring (bicyclic) bond motifs is 1. The Balaban J connectivity index is 1.60. The lowest BCUT2D eigenvalue weighted by Gasteiger charge is -2.28. The number of hydrogen-bond donors (Lipinski definition) is 1. The number of benzene rings is 3. The zero-order valence-electron chi connectivity index (χ0n) is 16.1. The van der Waals surface area contributed by atoms with Crippen molar-refractivity contribution in [2.45, 2.75) is 25.9 Å². The van der Waals surface area contributed by atoms with Gasteiger partial charge in [-0.05, 0) is 42.3 Å². The Morgan fingerprint density at radius 2 is 1.83 bits per heavy atom. The molecule has 0 saturated carbocycles. The fourth-order valence-electron chi connectivity index (χ4n) is 3.68.